The van der Waals surface area contributed by atoms with Crippen LogP contribution in [0.2, 0.25) is 0 Å². The maximum Gasteiger partial charge on any atom is 0.128 e. The summed E-state index contributed by atoms with van der Waals surface area (Å²) < 4.78 is 5.10. The quantitative estimate of drug-likeness (QED) is 0.654. The third-order valence-electron chi connectivity index (χ3n) is 4.19. The van der Waals surface area contributed by atoms with Gasteiger partial charge in [-0.2, -0.15) is 0 Å². The van der Waals surface area contributed by atoms with E-state index < -0.39 is 12.1 Å². The Kier molecular flexibility index (Phi) is 5.66. The maximum atomic E-state index is 10.9. The van der Waals surface area contributed by atoms with Crippen LogP contribution in [0.5, 0.6) is 11.5 Å². The molecule has 0 aliphatic carbocycles. The molecule has 0 heterocycles. The summed E-state index contributed by atoms with van der Waals surface area (Å²) in [5, 5.41) is 21.0. The Hall–Kier alpha value is -3.11. The first-order chi connectivity index (χ1) is 12.7. The van der Waals surface area contributed by atoms with Crippen LogP contribution in [0.15, 0.2) is 83.9 Å². The minimum atomic E-state index is -0.796. The number of hydrogen-bond acceptors (Lipinski definition) is 4. The number of rotatable bonds is 6. The molecule has 4 heteroatoms. The van der Waals surface area contributed by atoms with Crippen molar-refractivity contribution in [2.24, 2.45) is 4.99 Å². The average molecular weight is 347 g/mol. The SMILES string of the molecule is COc1ccc(C=N[C@H](c2ccccc2)[C@@H](O)c2ccccc2)c(O)c1. The van der Waals surface area contributed by atoms with Crippen molar-refractivity contribution in [1.82, 2.24) is 0 Å². The molecule has 0 radical (unpaired) electrons. The largest absolute Gasteiger partial charge is 0.507 e. The van der Waals surface area contributed by atoms with E-state index in [0.717, 1.165) is 11.1 Å². The number of phenols is 1. The molecule has 3 aromatic carbocycles. The zero-order chi connectivity index (χ0) is 18.4. The molecule has 0 spiro atoms. The number of aromatic hydroxyl groups is 1. The highest BCUT2D eigenvalue weighted by Crippen LogP contribution is 2.32. The van der Waals surface area contributed by atoms with Crippen molar-refractivity contribution in [3.05, 3.63) is 95.6 Å². The molecule has 0 amide bonds. The highest BCUT2D eigenvalue weighted by molar-refractivity contribution is 5.84. The molecule has 3 rings (SSSR count). The molecule has 26 heavy (non-hydrogen) atoms. The first-order valence-electron chi connectivity index (χ1n) is 8.37. The number of aliphatic hydroxyl groups excluding tert-OH is 1. The zero-order valence-corrected chi connectivity index (χ0v) is 14.5. The zero-order valence-electron chi connectivity index (χ0n) is 14.5. The van der Waals surface area contributed by atoms with E-state index in [1.807, 2.05) is 60.7 Å². The average Bonchev–Trinajstić information content (AvgIpc) is 2.70. The van der Waals surface area contributed by atoms with E-state index in [1.54, 1.807) is 25.5 Å². The fourth-order valence-corrected chi connectivity index (χ4v) is 2.75. The fraction of sp³-hybridized carbons (Fsp3) is 0.136. The van der Waals surface area contributed by atoms with Crippen LogP contribution in [0, 0.1) is 0 Å². The Bertz CT molecular complexity index is 863. The molecule has 132 valence electrons. The molecule has 2 N–H and O–H groups in total. The molecular weight excluding hydrogens is 326 g/mol. The van der Waals surface area contributed by atoms with Crippen LogP contribution in [0.1, 0.15) is 28.8 Å². The van der Waals surface area contributed by atoms with E-state index in [2.05, 4.69) is 4.99 Å². The number of aliphatic hydroxyl groups is 1. The first kappa shape index (κ1) is 17.7. The van der Waals surface area contributed by atoms with E-state index in [1.165, 1.54) is 6.07 Å². The second-order valence-corrected chi connectivity index (χ2v) is 5.91. The maximum absolute atomic E-state index is 10.9. The number of hydrogen-bond donors (Lipinski definition) is 2. The van der Waals surface area contributed by atoms with Crippen LogP contribution >= 0.6 is 0 Å². The van der Waals surface area contributed by atoms with Gasteiger partial charge in [-0.1, -0.05) is 60.7 Å². The van der Waals surface area contributed by atoms with Crippen molar-refractivity contribution in [3.8, 4) is 11.5 Å². The minimum absolute atomic E-state index is 0.0779. The van der Waals surface area contributed by atoms with E-state index in [0.29, 0.717) is 11.3 Å². The van der Waals surface area contributed by atoms with Gasteiger partial charge in [-0.05, 0) is 23.3 Å². The fourth-order valence-electron chi connectivity index (χ4n) is 2.75. The summed E-state index contributed by atoms with van der Waals surface area (Å²) in [6.07, 6.45) is 0.786. The Morgan fingerprint density at radius 2 is 1.50 bits per heavy atom. The number of ether oxygens (including phenoxy) is 1. The number of aliphatic imine (C=N–C) groups is 1. The topological polar surface area (TPSA) is 62.0 Å². The second-order valence-electron chi connectivity index (χ2n) is 5.91. The Morgan fingerprint density at radius 1 is 0.885 bits per heavy atom. The highest BCUT2D eigenvalue weighted by Gasteiger charge is 2.21. The van der Waals surface area contributed by atoms with Gasteiger partial charge in [-0.3, -0.25) is 4.99 Å². The third-order valence-corrected chi connectivity index (χ3v) is 4.19. The van der Waals surface area contributed by atoms with Crippen molar-refractivity contribution in [3.63, 3.8) is 0 Å². The van der Waals surface area contributed by atoms with Gasteiger partial charge in [0.15, 0.2) is 0 Å². The Balaban J connectivity index is 1.94. The molecule has 0 saturated carbocycles. The minimum Gasteiger partial charge on any atom is -0.507 e. The first-order valence-corrected chi connectivity index (χ1v) is 8.37. The lowest BCUT2D eigenvalue weighted by Crippen LogP contribution is -2.09. The summed E-state index contributed by atoms with van der Waals surface area (Å²) >= 11 is 0. The molecule has 3 aromatic rings. The van der Waals surface area contributed by atoms with Crippen LogP contribution in [0.4, 0.5) is 0 Å². The highest BCUT2D eigenvalue weighted by atomic mass is 16.5. The number of nitrogens with zero attached hydrogens (tertiary/aromatic N) is 1. The molecule has 4 nitrogen and oxygen atoms in total. The van der Waals surface area contributed by atoms with Gasteiger partial charge in [0.25, 0.3) is 0 Å². The van der Waals surface area contributed by atoms with Crippen molar-refractivity contribution in [2.45, 2.75) is 12.1 Å². The van der Waals surface area contributed by atoms with Gasteiger partial charge in [0, 0.05) is 17.8 Å². The van der Waals surface area contributed by atoms with Crippen LogP contribution in [0.3, 0.4) is 0 Å². The normalized spacial score (nSPS) is 13.5. The molecule has 0 unspecified atom stereocenters. The number of methoxy groups -OCH3 is 1. The molecule has 0 bridgehead atoms. The third kappa shape index (κ3) is 4.10. The van der Waals surface area contributed by atoms with Gasteiger partial charge >= 0.3 is 0 Å². The summed E-state index contributed by atoms with van der Waals surface area (Å²) in [5.74, 6) is 0.651. The second kappa shape index (κ2) is 8.32. The smallest absolute Gasteiger partial charge is 0.128 e. The van der Waals surface area contributed by atoms with Gasteiger partial charge in [0.05, 0.1) is 7.11 Å². The summed E-state index contributed by atoms with van der Waals surface area (Å²) in [4.78, 5) is 4.58. The van der Waals surface area contributed by atoms with E-state index in [-0.39, 0.29) is 5.75 Å². The van der Waals surface area contributed by atoms with Gasteiger partial charge in [-0.25, -0.2) is 0 Å². The molecule has 0 fully saturated rings. The van der Waals surface area contributed by atoms with Crippen LogP contribution < -0.4 is 4.74 Å². The van der Waals surface area contributed by atoms with E-state index in [4.69, 9.17) is 4.74 Å². The number of phenolic OH excluding ortho intramolecular Hbond substituents is 1. The molecule has 0 aromatic heterocycles. The van der Waals surface area contributed by atoms with Crippen molar-refractivity contribution < 1.29 is 14.9 Å². The van der Waals surface area contributed by atoms with Crippen LogP contribution in [-0.2, 0) is 0 Å². The van der Waals surface area contributed by atoms with Crippen LogP contribution in [0.25, 0.3) is 0 Å². The van der Waals surface area contributed by atoms with Crippen molar-refractivity contribution in [1.29, 1.82) is 0 Å². The predicted octanol–water partition coefficient (Wildman–Crippen LogP) is 4.29. The molecular formula is C22H21NO3. The Labute approximate surface area is 153 Å². The van der Waals surface area contributed by atoms with E-state index >= 15 is 0 Å². The lowest BCUT2D eigenvalue weighted by atomic mass is 9.96. The van der Waals surface area contributed by atoms with Gasteiger partial charge in [0.2, 0.25) is 0 Å². The van der Waals surface area contributed by atoms with Crippen molar-refractivity contribution >= 4 is 6.21 Å². The summed E-state index contributed by atoms with van der Waals surface area (Å²) in [6, 6.07) is 23.6. The molecule has 0 aliphatic rings. The van der Waals surface area contributed by atoms with Crippen molar-refractivity contribution in [2.75, 3.05) is 7.11 Å². The molecule has 0 saturated heterocycles. The van der Waals surface area contributed by atoms with Gasteiger partial charge in [-0.15, -0.1) is 0 Å². The predicted molar refractivity (Wildman–Crippen MR) is 103 cm³/mol. The summed E-state index contributed by atoms with van der Waals surface area (Å²) in [6.45, 7) is 0. The lowest BCUT2D eigenvalue weighted by molar-refractivity contribution is 0.148. The van der Waals surface area contributed by atoms with Gasteiger partial charge in [0.1, 0.15) is 23.6 Å². The van der Waals surface area contributed by atoms with Gasteiger partial charge < -0.3 is 14.9 Å². The molecule has 0 aliphatic heterocycles. The standard InChI is InChI=1S/C22H21NO3/c1-26-19-13-12-18(20(24)14-19)15-23-21(16-8-4-2-5-9-16)22(25)17-10-6-3-7-11-17/h2-15,21-22,24-25H,1H3/t21-,22+/m1/s1. The lowest BCUT2D eigenvalue weighted by Gasteiger charge is -2.20. The summed E-state index contributed by atoms with van der Waals surface area (Å²) in [7, 11) is 1.55. The van der Waals surface area contributed by atoms with Crippen LogP contribution in [-0.4, -0.2) is 23.5 Å². The summed E-state index contributed by atoms with van der Waals surface area (Å²) in [5.41, 5.74) is 2.25. The monoisotopic (exact) mass is 347 g/mol. The Morgan fingerprint density at radius 3 is 2.08 bits per heavy atom. The van der Waals surface area contributed by atoms with E-state index in [9.17, 15) is 10.2 Å². The molecule has 2 atom stereocenters. The number of benzene rings is 3.